The number of ether oxygens (including phenoxy) is 1. The first-order chi connectivity index (χ1) is 12.6. The molecule has 1 aliphatic heterocycles. The number of amides is 1. The van der Waals surface area contributed by atoms with E-state index in [0.717, 1.165) is 37.4 Å². The molecule has 26 heavy (non-hydrogen) atoms. The monoisotopic (exact) mass is 359 g/mol. The molecule has 0 radical (unpaired) electrons. The zero-order valence-corrected chi connectivity index (χ0v) is 16.0. The second kappa shape index (κ2) is 8.49. The second-order valence-corrected chi connectivity index (χ2v) is 6.75. The van der Waals surface area contributed by atoms with Gasteiger partial charge in [-0.05, 0) is 39.7 Å². The molecule has 2 aromatic rings. The van der Waals surface area contributed by atoms with Gasteiger partial charge in [-0.25, -0.2) is 4.98 Å². The molecule has 0 spiro atoms. The smallest absolute Gasteiger partial charge is 0.272 e. The number of aromatic nitrogens is 4. The van der Waals surface area contributed by atoms with Crippen LogP contribution in [0.25, 0.3) is 0 Å². The molecule has 0 unspecified atom stereocenters. The van der Waals surface area contributed by atoms with Crippen LogP contribution in [-0.4, -0.2) is 56.4 Å². The zero-order chi connectivity index (χ0) is 18.5. The second-order valence-electron chi connectivity index (χ2n) is 6.75. The summed E-state index contributed by atoms with van der Waals surface area (Å²) in [5.41, 5.74) is 1.52. The molecule has 0 saturated carbocycles. The first-order valence-corrected chi connectivity index (χ1v) is 9.56. The number of imidazole rings is 1. The first kappa shape index (κ1) is 18.6. The molecular formula is C19H29N5O2. The van der Waals surface area contributed by atoms with Gasteiger partial charge in [-0.3, -0.25) is 9.48 Å². The number of carbonyl (C=O) groups is 1. The third kappa shape index (κ3) is 3.98. The van der Waals surface area contributed by atoms with Gasteiger partial charge in [-0.1, -0.05) is 0 Å². The van der Waals surface area contributed by atoms with Gasteiger partial charge in [0.25, 0.3) is 5.91 Å². The number of hydrogen-bond acceptors (Lipinski definition) is 4. The Morgan fingerprint density at radius 3 is 3.00 bits per heavy atom. The molecular weight excluding hydrogens is 330 g/mol. The highest BCUT2D eigenvalue weighted by Crippen LogP contribution is 2.27. The van der Waals surface area contributed by atoms with Crippen molar-refractivity contribution in [1.82, 2.24) is 24.2 Å². The zero-order valence-electron chi connectivity index (χ0n) is 16.0. The van der Waals surface area contributed by atoms with Crippen LogP contribution in [0.4, 0.5) is 0 Å². The van der Waals surface area contributed by atoms with Crippen LogP contribution in [0, 0.1) is 6.92 Å². The number of likely N-dealkylation sites (tertiary alicyclic amines) is 1. The van der Waals surface area contributed by atoms with E-state index in [1.54, 1.807) is 4.68 Å². The van der Waals surface area contributed by atoms with Gasteiger partial charge >= 0.3 is 0 Å². The van der Waals surface area contributed by atoms with Crippen molar-refractivity contribution in [3.8, 4) is 0 Å². The van der Waals surface area contributed by atoms with Crippen LogP contribution in [0.15, 0.2) is 18.5 Å². The Morgan fingerprint density at radius 2 is 2.23 bits per heavy atom. The molecule has 0 N–H and O–H groups in total. The average Bonchev–Trinajstić information content (AvgIpc) is 3.27. The maximum Gasteiger partial charge on any atom is 0.272 e. The number of hydrogen-bond donors (Lipinski definition) is 0. The predicted molar refractivity (Wildman–Crippen MR) is 99.2 cm³/mol. The number of aryl methyl sites for hydroxylation is 2. The van der Waals surface area contributed by atoms with Crippen LogP contribution < -0.4 is 0 Å². The van der Waals surface area contributed by atoms with Crippen LogP contribution in [0.3, 0.4) is 0 Å². The molecule has 1 atom stereocenters. The van der Waals surface area contributed by atoms with Gasteiger partial charge in [-0.2, -0.15) is 5.10 Å². The topological polar surface area (TPSA) is 65.2 Å². The Kier molecular flexibility index (Phi) is 6.08. The standard InChI is InChI=1S/C19H29N5O2/c1-4-22-10-8-20-18(22)16-7-6-9-23(14-16)19(25)17-13-15(3)21-24(17)11-12-26-5-2/h8,10,13,16H,4-7,9,11-12,14H2,1-3H3/t16-/m1/s1. The van der Waals surface area contributed by atoms with Crippen molar-refractivity contribution in [1.29, 1.82) is 0 Å². The van der Waals surface area contributed by atoms with Gasteiger partial charge in [-0.15, -0.1) is 0 Å². The molecule has 7 nitrogen and oxygen atoms in total. The van der Waals surface area contributed by atoms with Crippen molar-refractivity contribution in [2.45, 2.75) is 52.6 Å². The van der Waals surface area contributed by atoms with Crippen LogP contribution >= 0.6 is 0 Å². The van der Waals surface area contributed by atoms with Gasteiger partial charge in [0.1, 0.15) is 11.5 Å². The lowest BCUT2D eigenvalue weighted by Crippen LogP contribution is -2.40. The summed E-state index contributed by atoms with van der Waals surface area (Å²) < 4.78 is 9.38. The average molecular weight is 359 g/mol. The van der Waals surface area contributed by atoms with Crippen LogP contribution in [0.5, 0.6) is 0 Å². The summed E-state index contributed by atoms with van der Waals surface area (Å²) >= 11 is 0. The van der Waals surface area contributed by atoms with E-state index in [4.69, 9.17) is 4.74 Å². The molecule has 1 saturated heterocycles. The molecule has 3 heterocycles. The Labute approximate surface area is 155 Å². The van der Waals surface area contributed by atoms with E-state index in [2.05, 4.69) is 21.6 Å². The van der Waals surface area contributed by atoms with Gasteiger partial charge in [0.15, 0.2) is 0 Å². The third-order valence-corrected chi connectivity index (χ3v) is 4.93. The Hall–Kier alpha value is -2.15. The van der Waals surface area contributed by atoms with Crippen molar-refractivity contribution in [3.05, 3.63) is 35.7 Å². The first-order valence-electron chi connectivity index (χ1n) is 9.56. The molecule has 1 aliphatic rings. The van der Waals surface area contributed by atoms with E-state index < -0.39 is 0 Å². The van der Waals surface area contributed by atoms with Crippen LogP contribution in [-0.2, 0) is 17.8 Å². The SMILES string of the molecule is CCOCCn1nc(C)cc1C(=O)N1CCC[C@@H](c2nccn2CC)C1. The number of rotatable bonds is 7. The highest BCUT2D eigenvalue weighted by Gasteiger charge is 2.29. The van der Waals surface area contributed by atoms with Crippen molar-refractivity contribution in [3.63, 3.8) is 0 Å². The lowest BCUT2D eigenvalue weighted by molar-refractivity contribution is 0.0685. The van der Waals surface area contributed by atoms with E-state index >= 15 is 0 Å². The van der Waals surface area contributed by atoms with Crippen molar-refractivity contribution in [2.75, 3.05) is 26.3 Å². The minimum absolute atomic E-state index is 0.0569. The molecule has 142 valence electrons. The van der Waals surface area contributed by atoms with Crippen molar-refractivity contribution >= 4 is 5.91 Å². The number of piperidine rings is 1. The summed E-state index contributed by atoms with van der Waals surface area (Å²) in [7, 11) is 0. The molecule has 0 aliphatic carbocycles. The Bertz CT molecular complexity index is 736. The maximum absolute atomic E-state index is 13.1. The molecule has 0 bridgehead atoms. The van der Waals surface area contributed by atoms with E-state index in [-0.39, 0.29) is 5.91 Å². The Balaban J connectivity index is 1.73. The Morgan fingerprint density at radius 1 is 1.38 bits per heavy atom. The molecule has 1 fully saturated rings. The van der Waals surface area contributed by atoms with Gasteiger partial charge in [0.05, 0.1) is 18.8 Å². The summed E-state index contributed by atoms with van der Waals surface area (Å²) in [6.45, 7) is 10.2. The summed E-state index contributed by atoms with van der Waals surface area (Å²) in [6, 6.07) is 1.88. The minimum atomic E-state index is 0.0569. The molecule has 7 heteroatoms. The summed E-state index contributed by atoms with van der Waals surface area (Å²) in [4.78, 5) is 19.6. The van der Waals surface area contributed by atoms with E-state index in [0.29, 0.717) is 37.9 Å². The molecule has 2 aromatic heterocycles. The number of nitrogens with zero attached hydrogens (tertiary/aromatic N) is 5. The van der Waals surface area contributed by atoms with E-state index in [9.17, 15) is 4.79 Å². The highest BCUT2D eigenvalue weighted by molar-refractivity contribution is 5.92. The molecule has 3 rings (SSSR count). The molecule has 0 aromatic carbocycles. The highest BCUT2D eigenvalue weighted by atomic mass is 16.5. The van der Waals surface area contributed by atoms with Crippen LogP contribution in [0.2, 0.25) is 0 Å². The quantitative estimate of drug-likeness (QED) is 0.713. The fraction of sp³-hybridized carbons (Fsp3) is 0.632. The van der Waals surface area contributed by atoms with Crippen LogP contribution in [0.1, 0.15) is 54.6 Å². The normalized spacial score (nSPS) is 17.7. The van der Waals surface area contributed by atoms with E-state index in [1.807, 2.05) is 37.2 Å². The predicted octanol–water partition coefficient (Wildman–Crippen LogP) is 2.46. The van der Waals surface area contributed by atoms with E-state index in [1.165, 1.54) is 0 Å². The number of carbonyl (C=O) groups excluding carboxylic acids is 1. The van der Waals surface area contributed by atoms with Crippen molar-refractivity contribution < 1.29 is 9.53 Å². The minimum Gasteiger partial charge on any atom is -0.380 e. The summed E-state index contributed by atoms with van der Waals surface area (Å²) in [6.07, 6.45) is 5.94. The maximum atomic E-state index is 13.1. The largest absolute Gasteiger partial charge is 0.380 e. The summed E-state index contributed by atoms with van der Waals surface area (Å²) in [5.74, 6) is 1.44. The fourth-order valence-corrected chi connectivity index (χ4v) is 3.67. The van der Waals surface area contributed by atoms with Gasteiger partial charge in [0.2, 0.25) is 0 Å². The lowest BCUT2D eigenvalue weighted by Gasteiger charge is -2.32. The fourth-order valence-electron chi connectivity index (χ4n) is 3.67. The van der Waals surface area contributed by atoms with Gasteiger partial charge in [0, 0.05) is 44.6 Å². The third-order valence-electron chi connectivity index (χ3n) is 4.93. The van der Waals surface area contributed by atoms with Crippen molar-refractivity contribution in [2.24, 2.45) is 0 Å². The molecule has 1 amide bonds. The van der Waals surface area contributed by atoms with Gasteiger partial charge < -0.3 is 14.2 Å². The summed E-state index contributed by atoms with van der Waals surface area (Å²) in [5, 5.41) is 4.47. The lowest BCUT2D eigenvalue weighted by atomic mass is 9.96.